The van der Waals surface area contributed by atoms with Crippen molar-refractivity contribution in [2.75, 3.05) is 11.9 Å². The zero-order valence-electron chi connectivity index (χ0n) is 9.63. The number of hydrogen-bond acceptors (Lipinski definition) is 4. The Hall–Kier alpha value is -1.94. The normalized spacial score (nSPS) is 10.2. The average molecular weight is 228 g/mol. The van der Waals surface area contributed by atoms with E-state index < -0.39 is 0 Å². The summed E-state index contributed by atoms with van der Waals surface area (Å²) in [4.78, 5) is 0. The molecule has 4 nitrogen and oxygen atoms in total. The smallest absolute Gasteiger partial charge is 0.148 e. The van der Waals surface area contributed by atoms with Crippen LogP contribution >= 0.6 is 0 Å². The van der Waals surface area contributed by atoms with Gasteiger partial charge in [-0.25, -0.2) is 0 Å². The summed E-state index contributed by atoms with van der Waals surface area (Å²) in [6, 6.07) is 12.2. The molecule has 1 heterocycles. The minimum absolute atomic E-state index is 0.692. The molecule has 0 aliphatic carbocycles. The molecule has 0 radical (unpaired) electrons. The Morgan fingerprint density at radius 2 is 1.82 bits per heavy atom. The van der Waals surface area contributed by atoms with Crippen LogP contribution in [-0.4, -0.2) is 16.7 Å². The molecule has 3 N–H and O–H groups in total. The molecule has 0 aliphatic rings. The predicted octanol–water partition coefficient (Wildman–Crippen LogP) is 1.59. The van der Waals surface area contributed by atoms with Crippen molar-refractivity contribution in [2.24, 2.45) is 5.73 Å². The van der Waals surface area contributed by atoms with Crippen molar-refractivity contribution < 1.29 is 0 Å². The number of nitrogens with one attached hydrogen (secondary N) is 1. The van der Waals surface area contributed by atoms with Crippen LogP contribution in [0.3, 0.4) is 0 Å². The minimum Gasteiger partial charge on any atom is -0.365 e. The number of aromatic nitrogens is 2. The monoisotopic (exact) mass is 228 g/mol. The summed E-state index contributed by atoms with van der Waals surface area (Å²) in [5.74, 6) is 0.790. The summed E-state index contributed by atoms with van der Waals surface area (Å²) in [6.07, 6.45) is 2.59. The van der Waals surface area contributed by atoms with E-state index in [0.717, 1.165) is 18.8 Å². The fourth-order valence-electron chi connectivity index (χ4n) is 1.58. The Balaban J connectivity index is 1.91. The summed E-state index contributed by atoms with van der Waals surface area (Å²) in [7, 11) is 0. The molecule has 0 saturated carbocycles. The highest BCUT2D eigenvalue weighted by Gasteiger charge is 1.96. The maximum Gasteiger partial charge on any atom is 0.148 e. The van der Waals surface area contributed by atoms with Crippen molar-refractivity contribution >= 4 is 5.82 Å². The maximum absolute atomic E-state index is 5.51. The van der Waals surface area contributed by atoms with Crippen LogP contribution in [0.2, 0.25) is 0 Å². The van der Waals surface area contributed by atoms with E-state index in [9.17, 15) is 0 Å². The van der Waals surface area contributed by atoms with Gasteiger partial charge in [0.1, 0.15) is 5.82 Å². The molecular weight excluding hydrogens is 212 g/mol. The molecule has 1 aromatic carbocycles. The van der Waals surface area contributed by atoms with Crippen molar-refractivity contribution in [2.45, 2.75) is 13.0 Å². The molecule has 0 fully saturated rings. The van der Waals surface area contributed by atoms with Crippen molar-refractivity contribution in [3.8, 4) is 0 Å². The number of rotatable bonds is 5. The second kappa shape index (κ2) is 5.96. The molecule has 2 rings (SSSR count). The van der Waals surface area contributed by atoms with Crippen molar-refractivity contribution in [1.29, 1.82) is 0 Å². The van der Waals surface area contributed by atoms with E-state index in [1.165, 1.54) is 11.1 Å². The van der Waals surface area contributed by atoms with Gasteiger partial charge in [-0.3, -0.25) is 0 Å². The molecule has 4 heteroatoms. The van der Waals surface area contributed by atoms with E-state index in [-0.39, 0.29) is 0 Å². The van der Waals surface area contributed by atoms with Crippen LogP contribution in [0.4, 0.5) is 5.82 Å². The van der Waals surface area contributed by atoms with Crippen molar-refractivity contribution in [1.82, 2.24) is 10.2 Å². The highest BCUT2D eigenvalue weighted by Crippen LogP contribution is 2.07. The topological polar surface area (TPSA) is 63.8 Å². The van der Waals surface area contributed by atoms with Crippen LogP contribution in [0.15, 0.2) is 42.6 Å². The van der Waals surface area contributed by atoms with Gasteiger partial charge in [-0.05, 0) is 36.2 Å². The first kappa shape index (κ1) is 11.5. The fourth-order valence-corrected chi connectivity index (χ4v) is 1.58. The van der Waals surface area contributed by atoms with Crippen molar-refractivity contribution in [3.05, 3.63) is 53.7 Å². The summed E-state index contributed by atoms with van der Waals surface area (Å²) in [5.41, 5.74) is 8.00. The zero-order valence-corrected chi connectivity index (χ0v) is 9.63. The second-order valence-electron chi connectivity index (χ2n) is 3.82. The summed E-state index contributed by atoms with van der Waals surface area (Å²) in [5, 5.41) is 11.0. The third kappa shape index (κ3) is 3.53. The molecule has 17 heavy (non-hydrogen) atoms. The van der Waals surface area contributed by atoms with Gasteiger partial charge in [0.25, 0.3) is 0 Å². The number of nitrogens with two attached hydrogens (primary N) is 1. The Labute approximate surface area is 101 Å². The highest BCUT2D eigenvalue weighted by molar-refractivity contribution is 5.34. The van der Waals surface area contributed by atoms with Gasteiger partial charge in [-0.1, -0.05) is 24.3 Å². The molecule has 0 aliphatic heterocycles. The number of hydrogen-bond donors (Lipinski definition) is 2. The summed E-state index contributed by atoms with van der Waals surface area (Å²) < 4.78 is 0. The van der Waals surface area contributed by atoms with Gasteiger partial charge in [0.2, 0.25) is 0 Å². The first-order chi connectivity index (χ1) is 8.38. The quantitative estimate of drug-likeness (QED) is 0.815. The van der Waals surface area contributed by atoms with E-state index in [1.807, 2.05) is 12.1 Å². The molecule has 0 amide bonds. The first-order valence-corrected chi connectivity index (χ1v) is 5.68. The number of benzene rings is 1. The van der Waals surface area contributed by atoms with E-state index in [1.54, 1.807) is 6.20 Å². The molecule has 0 unspecified atom stereocenters. The van der Waals surface area contributed by atoms with Crippen LogP contribution in [0.25, 0.3) is 0 Å². The first-order valence-electron chi connectivity index (χ1n) is 5.68. The molecular formula is C13H16N4. The standard InChI is InChI=1S/C13H16N4/c14-8-7-11-3-5-12(6-4-11)10-15-13-2-1-9-16-17-13/h1-6,9H,7-8,10,14H2,(H,15,17). The Bertz CT molecular complexity index is 439. The molecule has 1 aromatic heterocycles. The van der Waals surface area contributed by atoms with E-state index in [4.69, 9.17) is 5.73 Å². The largest absolute Gasteiger partial charge is 0.365 e. The van der Waals surface area contributed by atoms with Crippen LogP contribution in [0, 0.1) is 0 Å². The Morgan fingerprint density at radius 3 is 2.47 bits per heavy atom. The lowest BCUT2D eigenvalue weighted by atomic mass is 10.1. The van der Waals surface area contributed by atoms with Gasteiger partial charge in [-0.15, -0.1) is 5.10 Å². The fraction of sp³-hybridized carbons (Fsp3) is 0.231. The minimum atomic E-state index is 0.692. The van der Waals surface area contributed by atoms with E-state index in [2.05, 4.69) is 39.8 Å². The predicted molar refractivity (Wildman–Crippen MR) is 68.6 cm³/mol. The van der Waals surface area contributed by atoms with E-state index >= 15 is 0 Å². The highest BCUT2D eigenvalue weighted by atomic mass is 15.2. The SMILES string of the molecule is NCCc1ccc(CNc2cccnn2)cc1. The maximum atomic E-state index is 5.51. The Kier molecular flexibility index (Phi) is 4.05. The molecule has 88 valence electrons. The number of nitrogens with zero attached hydrogens (tertiary/aromatic N) is 2. The van der Waals surface area contributed by atoms with Gasteiger partial charge in [0.15, 0.2) is 0 Å². The zero-order chi connectivity index (χ0) is 11.9. The van der Waals surface area contributed by atoms with Gasteiger partial charge in [-0.2, -0.15) is 5.10 Å². The molecule has 0 atom stereocenters. The van der Waals surface area contributed by atoms with Crippen LogP contribution in [-0.2, 0) is 13.0 Å². The second-order valence-corrected chi connectivity index (χ2v) is 3.82. The van der Waals surface area contributed by atoms with Crippen LogP contribution in [0.1, 0.15) is 11.1 Å². The molecule has 2 aromatic rings. The lowest BCUT2D eigenvalue weighted by Crippen LogP contribution is -2.04. The molecule has 0 saturated heterocycles. The molecule has 0 bridgehead atoms. The van der Waals surface area contributed by atoms with E-state index in [0.29, 0.717) is 6.54 Å². The third-order valence-electron chi connectivity index (χ3n) is 2.50. The lowest BCUT2D eigenvalue weighted by Gasteiger charge is -2.05. The van der Waals surface area contributed by atoms with Crippen LogP contribution < -0.4 is 11.1 Å². The van der Waals surface area contributed by atoms with Gasteiger partial charge in [0.05, 0.1) is 0 Å². The third-order valence-corrected chi connectivity index (χ3v) is 2.50. The molecule has 0 spiro atoms. The van der Waals surface area contributed by atoms with Gasteiger partial charge < -0.3 is 11.1 Å². The Morgan fingerprint density at radius 1 is 1.06 bits per heavy atom. The van der Waals surface area contributed by atoms with Crippen LogP contribution in [0.5, 0.6) is 0 Å². The van der Waals surface area contributed by atoms with Crippen molar-refractivity contribution in [3.63, 3.8) is 0 Å². The van der Waals surface area contributed by atoms with Gasteiger partial charge >= 0.3 is 0 Å². The van der Waals surface area contributed by atoms with Gasteiger partial charge in [0, 0.05) is 12.7 Å². The summed E-state index contributed by atoms with van der Waals surface area (Å²) >= 11 is 0. The lowest BCUT2D eigenvalue weighted by molar-refractivity contribution is 0.964. The number of anilines is 1. The summed E-state index contributed by atoms with van der Waals surface area (Å²) in [6.45, 7) is 1.44. The average Bonchev–Trinajstić information content (AvgIpc) is 2.40.